The van der Waals surface area contributed by atoms with Crippen LogP contribution in [0.1, 0.15) is 16.7 Å². The Morgan fingerprint density at radius 3 is 2.78 bits per heavy atom. The number of hydrogen-bond acceptors (Lipinski definition) is 4. The number of aliphatic hydroxyl groups is 1. The maximum Gasteiger partial charge on any atom is 0.230 e. The van der Waals surface area contributed by atoms with Crippen LogP contribution in [0.15, 0.2) is 30.4 Å². The molecule has 5 rings (SSSR count). The largest absolute Gasteiger partial charge is 0.389 e. The lowest BCUT2D eigenvalue weighted by Crippen LogP contribution is -2.57. The summed E-state index contributed by atoms with van der Waals surface area (Å²) in [7, 11) is 0. The molecule has 142 valence electrons. The molecule has 6 heteroatoms. The van der Waals surface area contributed by atoms with E-state index in [1.165, 1.54) is 11.1 Å². The van der Waals surface area contributed by atoms with Gasteiger partial charge in [0.2, 0.25) is 11.8 Å². The van der Waals surface area contributed by atoms with E-state index in [1.807, 2.05) is 17.1 Å². The molecule has 27 heavy (non-hydrogen) atoms. The van der Waals surface area contributed by atoms with Gasteiger partial charge in [-0.3, -0.25) is 9.59 Å². The molecule has 4 atom stereocenters. The van der Waals surface area contributed by atoms with Crippen LogP contribution in [-0.4, -0.2) is 64.2 Å². The smallest absolute Gasteiger partial charge is 0.230 e. The van der Waals surface area contributed by atoms with Crippen LogP contribution in [0.3, 0.4) is 0 Å². The molecular weight excluding hydrogens is 344 g/mol. The third-order valence-corrected chi connectivity index (χ3v) is 6.58. The standard InChI is InChI=1S/C21H24N2O4/c1-12-3-4-14(7-13(12)2)8-23-11-21-6-5-16(27-21)17(18(21)20(23)26)19(25)22-9-15(24)10-22/h3-7,15-18,24H,8-11H2,1-2H3/t16-,17-,18-,21-/m0/s1. The number of fused-ring (bicyclic) bond motifs is 1. The van der Waals surface area contributed by atoms with Crippen molar-refractivity contribution in [2.75, 3.05) is 19.6 Å². The third-order valence-electron chi connectivity index (χ3n) is 6.58. The van der Waals surface area contributed by atoms with E-state index in [0.29, 0.717) is 26.2 Å². The fraction of sp³-hybridized carbons (Fsp3) is 0.524. The summed E-state index contributed by atoms with van der Waals surface area (Å²) in [4.78, 5) is 29.6. The van der Waals surface area contributed by atoms with E-state index in [2.05, 4.69) is 32.0 Å². The Morgan fingerprint density at radius 2 is 2.07 bits per heavy atom. The Balaban J connectivity index is 1.39. The van der Waals surface area contributed by atoms with Gasteiger partial charge in [0.15, 0.2) is 0 Å². The Bertz CT molecular complexity index is 860. The van der Waals surface area contributed by atoms with Gasteiger partial charge in [0.25, 0.3) is 0 Å². The molecule has 0 radical (unpaired) electrons. The highest BCUT2D eigenvalue weighted by atomic mass is 16.5. The van der Waals surface area contributed by atoms with Gasteiger partial charge < -0.3 is 19.6 Å². The zero-order valence-corrected chi connectivity index (χ0v) is 15.6. The summed E-state index contributed by atoms with van der Waals surface area (Å²) in [5.41, 5.74) is 2.86. The molecule has 0 aliphatic carbocycles. The molecule has 0 unspecified atom stereocenters. The minimum Gasteiger partial charge on any atom is -0.389 e. The average Bonchev–Trinajstić information content (AvgIpc) is 3.23. The number of ether oxygens (including phenoxy) is 1. The van der Waals surface area contributed by atoms with E-state index in [4.69, 9.17) is 4.74 Å². The number of aryl methyl sites for hydroxylation is 2. The van der Waals surface area contributed by atoms with E-state index < -0.39 is 23.5 Å². The third kappa shape index (κ3) is 2.39. The zero-order chi connectivity index (χ0) is 18.9. The van der Waals surface area contributed by atoms with Crippen LogP contribution in [0.2, 0.25) is 0 Å². The van der Waals surface area contributed by atoms with Gasteiger partial charge >= 0.3 is 0 Å². The van der Waals surface area contributed by atoms with E-state index in [1.54, 1.807) is 4.90 Å². The maximum absolute atomic E-state index is 13.2. The lowest BCUT2D eigenvalue weighted by Gasteiger charge is -2.39. The summed E-state index contributed by atoms with van der Waals surface area (Å²) >= 11 is 0. The number of hydrogen-bond donors (Lipinski definition) is 1. The number of benzene rings is 1. The molecule has 2 bridgehead atoms. The predicted molar refractivity (Wildman–Crippen MR) is 97.6 cm³/mol. The number of rotatable bonds is 3. The van der Waals surface area contributed by atoms with Crippen molar-refractivity contribution in [3.63, 3.8) is 0 Å². The lowest BCUT2D eigenvalue weighted by molar-refractivity contribution is -0.151. The van der Waals surface area contributed by atoms with Crippen molar-refractivity contribution in [2.24, 2.45) is 11.8 Å². The highest BCUT2D eigenvalue weighted by Gasteiger charge is 2.67. The molecule has 2 amide bonds. The van der Waals surface area contributed by atoms with Crippen molar-refractivity contribution in [1.29, 1.82) is 0 Å². The molecule has 3 saturated heterocycles. The van der Waals surface area contributed by atoms with E-state index in [-0.39, 0.29) is 17.9 Å². The predicted octanol–water partition coefficient (Wildman–Crippen LogP) is 0.789. The van der Waals surface area contributed by atoms with Gasteiger partial charge in [0, 0.05) is 19.6 Å². The van der Waals surface area contributed by atoms with Gasteiger partial charge in [-0.25, -0.2) is 0 Å². The van der Waals surface area contributed by atoms with E-state index in [9.17, 15) is 14.7 Å². The second-order valence-corrected chi connectivity index (χ2v) is 8.41. The molecule has 0 saturated carbocycles. The van der Waals surface area contributed by atoms with Gasteiger partial charge in [-0.05, 0) is 30.5 Å². The zero-order valence-electron chi connectivity index (χ0n) is 15.6. The molecule has 1 aromatic rings. The molecule has 4 heterocycles. The molecule has 0 aromatic heterocycles. The molecule has 4 aliphatic rings. The molecule has 6 nitrogen and oxygen atoms in total. The number of amides is 2. The van der Waals surface area contributed by atoms with Crippen LogP contribution in [0.25, 0.3) is 0 Å². The van der Waals surface area contributed by atoms with Crippen molar-refractivity contribution in [2.45, 2.75) is 38.2 Å². The van der Waals surface area contributed by atoms with E-state index in [0.717, 1.165) is 5.56 Å². The maximum atomic E-state index is 13.2. The number of carbonyl (C=O) groups excluding carboxylic acids is 2. The summed E-state index contributed by atoms with van der Waals surface area (Å²) in [6.07, 6.45) is 3.14. The van der Waals surface area contributed by atoms with Crippen LogP contribution in [0.4, 0.5) is 0 Å². The van der Waals surface area contributed by atoms with Crippen molar-refractivity contribution in [3.05, 3.63) is 47.0 Å². The number of likely N-dealkylation sites (tertiary alicyclic amines) is 2. The molecular formula is C21H24N2O4. The van der Waals surface area contributed by atoms with Gasteiger partial charge in [0.1, 0.15) is 5.60 Å². The van der Waals surface area contributed by atoms with Gasteiger partial charge in [-0.1, -0.05) is 30.4 Å². The second-order valence-electron chi connectivity index (χ2n) is 8.41. The lowest BCUT2D eigenvalue weighted by atomic mass is 9.76. The van der Waals surface area contributed by atoms with E-state index >= 15 is 0 Å². The summed E-state index contributed by atoms with van der Waals surface area (Å²) in [6.45, 7) is 5.87. The minimum absolute atomic E-state index is 0.000463. The number of aliphatic hydroxyl groups excluding tert-OH is 1. The van der Waals surface area contributed by atoms with Gasteiger partial charge in [-0.2, -0.15) is 0 Å². The SMILES string of the molecule is Cc1ccc(CN2C[C@]34C=C[C@H](O3)[C@H](C(=O)N3CC(O)C3)[C@H]4C2=O)cc1C. The number of nitrogens with zero attached hydrogens (tertiary/aromatic N) is 2. The first-order valence-electron chi connectivity index (χ1n) is 9.57. The highest BCUT2D eigenvalue weighted by molar-refractivity contribution is 5.93. The Morgan fingerprint density at radius 1 is 1.30 bits per heavy atom. The number of carbonyl (C=O) groups is 2. The number of β-amino-alcohol motifs (C(OH)–C–C–N with tert-alkyl or cyclic N) is 1. The molecule has 4 aliphatic heterocycles. The van der Waals surface area contributed by atoms with Crippen molar-refractivity contribution >= 4 is 11.8 Å². The van der Waals surface area contributed by atoms with Crippen LogP contribution in [-0.2, 0) is 20.9 Å². The summed E-state index contributed by atoms with van der Waals surface area (Å²) < 4.78 is 6.16. The van der Waals surface area contributed by atoms with Crippen LogP contribution < -0.4 is 0 Å². The fourth-order valence-corrected chi connectivity index (χ4v) is 4.96. The van der Waals surface area contributed by atoms with Gasteiger partial charge in [-0.15, -0.1) is 0 Å². The summed E-state index contributed by atoms with van der Waals surface area (Å²) in [5.74, 6) is -0.994. The van der Waals surface area contributed by atoms with Crippen LogP contribution in [0.5, 0.6) is 0 Å². The first kappa shape index (κ1) is 17.0. The normalized spacial score (nSPS) is 34.3. The Kier molecular flexibility index (Phi) is 3.55. The van der Waals surface area contributed by atoms with Gasteiger partial charge in [0.05, 0.1) is 30.6 Å². The molecule has 1 N–H and O–H groups in total. The summed E-state index contributed by atoms with van der Waals surface area (Å²) in [5, 5.41) is 9.51. The molecule has 1 aromatic carbocycles. The highest BCUT2D eigenvalue weighted by Crippen LogP contribution is 2.52. The van der Waals surface area contributed by atoms with Crippen molar-refractivity contribution < 1.29 is 19.4 Å². The quantitative estimate of drug-likeness (QED) is 0.801. The average molecular weight is 368 g/mol. The molecule has 1 spiro atoms. The first-order valence-corrected chi connectivity index (χ1v) is 9.57. The van der Waals surface area contributed by atoms with Crippen molar-refractivity contribution in [3.8, 4) is 0 Å². The second kappa shape index (κ2) is 5.66. The van der Waals surface area contributed by atoms with Crippen LogP contribution in [0, 0.1) is 25.7 Å². The minimum atomic E-state index is -0.675. The topological polar surface area (TPSA) is 70.1 Å². The summed E-state index contributed by atoms with van der Waals surface area (Å²) in [6, 6.07) is 6.25. The monoisotopic (exact) mass is 368 g/mol. The fourth-order valence-electron chi connectivity index (χ4n) is 4.96. The Labute approximate surface area is 158 Å². The Hall–Kier alpha value is -2.18. The molecule has 3 fully saturated rings. The van der Waals surface area contributed by atoms with Crippen LogP contribution >= 0.6 is 0 Å². The van der Waals surface area contributed by atoms with Crippen molar-refractivity contribution in [1.82, 2.24) is 9.80 Å². The first-order chi connectivity index (χ1) is 12.9.